The van der Waals surface area contributed by atoms with Gasteiger partial charge in [-0.3, -0.25) is 4.98 Å². The Morgan fingerprint density at radius 2 is 2.31 bits per heavy atom. The first-order chi connectivity index (χ1) is 7.79. The highest BCUT2D eigenvalue weighted by Crippen LogP contribution is 2.24. The number of nitrogens with two attached hydrogens (primary N) is 1. The summed E-state index contributed by atoms with van der Waals surface area (Å²) in [6.45, 7) is 2.16. The molecule has 4 heteroatoms. The van der Waals surface area contributed by atoms with Crippen molar-refractivity contribution in [1.82, 2.24) is 9.97 Å². The van der Waals surface area contributed by atoms with E-state index in [0.29, 0.717) is 5.13 Å². The van der Waals surface area contributed by atoms with Crippen molar-refractivity contribution in [1.29, 1.82) is 0 Å². The van der Waals surface area contributed by atoms with Crippen molar-refractivity contribution in [3.63, 3.8) is 0 Å². The molecule has 2 rings (SSSR count). The second-order valence-electron chi connectivity index (χ2n) is 3.71. The Morgan fingerprint density at radius 3 is 3.00 bits per heavy atom. The fourth-order valence-electron chi connectivity index (χ4n) is 1.66. The molecule has 0 aliphatic heterocycles. The lowest BCUT2D eigenvalue weighted by Gasteiger charge is -2.00. The van der Waals surface area contributed by atoms with Crippen molar-refractivity contribution in [2.45, 2.75) is 26.2 Å². The lowest BCUT2D eigenvalue weighted by Crippen LogP contribution is -1.93. The van der Waals surface area contributed by atoms with Gasteiger partial charge in [0.1, 0.15) is 0 Å². The van der Waals surface area contributed by atoms with Crippen LogP contribution >= 0.6 is 11.3 Å². The molecular weight excluding hydrogens is 218 g/mol. The predicted molar refractivity (Wildman–Crippen MR) is 67.6 cm³/mol. The lowest BCUT2D eigenvalue weighted by molar-refractivity contribution is 0.879. The maximum Gasteiger partial charge on any atom is 0.180 e. The van der Waals surface area contributed by atoms with E-state index in [1.807, 2.05) is 12.3 Å². The van der Waals surface area contributed by atoms with Gasteiger partial charge in [-0.25, -0.2) is 4.98 Å². The standard InChI is InChI=1S/C12H15N3S/c1-2-4-10-11(16-12(13)15-10)7-9-5-3-6-14-8-9/h3,5-6,8H,2,4,7H2,1H3,(H2,13,15). The first kappa shape index (κ1) is 11.1. The number of aromatic nitrogens is 2. The van der Waals surface area contributed by atoms with Crippen LogP contribution in [0.2, 0.25) is 0 Å². The van der Waals surface area contributed by atoms with E-state index < -0.39 is 0 Å². The summed E-state index contributed by atoms with van der Waals surface area (Å²) < 4.78 is 0. The molecule has 0 radical (unpaired) electrons. The first-order valence-corrected chi connectivity index (χ1v) is 6.24. The monoisotopic (exact) mass is 233 g/mol. The van der Waals surface area contributed by atoms with Crippen LogP contribution in [0.15, 0.2) is 24.5 Å². The Labute approximate surface area is 99.4 Å². The summed E-state index contributed by atoms with van der Waals surface area (Å²) in [6, 6.07) is 4.04. The van der Waals surface area contributed by atoms with Crippen LogP contribution in [0.25, 0.3) is 0 Å². The summed E-state index contributed by atoms with van der Waals surface area (Å²) in [4.78, 5) is 9.76. The minimum absolute atomic E-state index is 0.669. The molecule has 0 unspecified atom stereocenters. The van der Waals surface area contributed by atoms with E-state index in [2.05, 4.69) is 23.0 Å². The number of rotatable bonds is 4. The predicted octanol–water partition coefficient (Wildman–Crippen LogP) is 2.66. The quantitative estimate of drug-likeness (QED) is 0.883. The molecule has 16 heavy (non-hydrogen) atoms. The van der Waals surface area contributed by atoms with Crippen LogP contribution in [0.5, 0.6) is 0 Å². The van der Waals surface area contributed by atoms with Gasteiger partial charge in [-0.05, 0) is 18.1 Å². The molecule has 0 aliphatic carbocycles. The molecule has 2 heterocycles. The highest BCUT2D eigenvalue weighted by Gasteiger charge is 2.09. The molecule has 0 saturated heterocycles. The molecule has 0 aliphatic rings. The summed E-state index contributed by atoms with van der Waals surface area (Å²) in [5.41, 5.74) is 8.11. The van der Waals surface area contributed by atoms with Crippen molar-refractivity contribution in [3.05, 3.63) is 40.7 Å². The Hall–Kier alpha value is -1.42. The molecule has 0 amide bonds. The van der Waals surface area contributed by atoms with Gasteiger partial charge in [-0.1, -0.05) is 19.4 Å². The number of pyridine rings is 1. The SMILES string of the molecule is CCCc1nc(N)sc1Cc1cccnc1. The lowest BCUT2D eigenvalue weighted by atomic mass is 10.1. The van der Waals surface area contributed by atoms with Gasteiger partial charge in [-0.15, -0.1) is 11.3 Å². The highest BCUT2D eigenvalue weighted by atomic mass is 32.1. The average Bonchev–Trinajstić information content (AvgIpc) is 2.61. The number of anilines is 1. The smallest absolute Gasteiger partial charge is 0.180 e. The largest absolute Gasteiger partial charge is 0.375 e. The van der Waals surface area contributed by atoms with Crippen LogP contribution in [-0.2, 0) is 12.8 Å². The number of aryl methyl sites for hydroxylation is 1. The van der Waals surface area contributed by atoms with E-state index in [1.54, 1.807) is 17.5 Å². The van der Waals surface area contributed by atoms with Crippen molar-refractivity contribution in [2.75, 3.05) is 5.73 Å². The summed E-state index contributed by atoms with van der Waals surface area (Å²) in [6.07, 6.45) is 6.67. The molecule has 2 N–H and O–H groups in total. The van der Waals surface area contributed by atoms with E-state index in [9.17, 15) is 0 Å². The maximum atomic E-state index is 5.76. The normalized spacial score (nSPS) is 10.6. The molecule has 0 spiro atoms. The Bertz CT molecular complexity index is 451. The maximum absolute atomic E-state index is 5.76. The summed E-state index contributed by atoms with van der Waals surface area (Å²) in [5.74, 6) is 0. The minimum atomic E-state index is 0.669. The average molecular weight is 233 g/mol. The molecule has 0 saturated carbocycles. The number of nitrogen functional groups attached to an aromatic ring is 1. The van der Waals surface area contributed by atoms with E-state index in [0.717, 1.165) is 25.0 Å². The molecule has 0 fully saturated rings. The van der Waals surface area contributed by atoms with Gasteiger partial charge in [0, 0.05) is 23.7 Å². The number of hydrogen-bond acceptors (Lipinski definition) is 4. The molecule has 2 aromatic rings. The topological polar surface area (TPSA) is 51.8 Å². The second-order valence-corrected chi connectivity index (χ2v) is 4.83. The second kappa shape index (κ2) is 5.07. The van der Waals surface area contributed by atoms with Crippen LogP contribution in [-0.4, -0.2) is 9.97 Å². The Kier molecular flexibility index (Phi) is 3.51. The van der Waals surface area contributed by atoms with Crippen molar-refractivity contribution in [3.8, 4) is 0 Å². The van der Waals surface area contributed by atoms with Crippen LogP contribution < -0.4 is 5.73 Å². The number of nitrogens with zero attached hydrogens (tertiary/aromatic N) is 2. The van der Waals surface area contributed by atoms with Crippen molar-refractivity contribution >= 4 is 16.5 Å². The Balaban J connectivity index is 2.20. The molecule has 0 aromatic carbocycles. The van der Waals surface area contributed by atoms with Gasteiger partial charge in [0.15, 0.2) is 5.13 Å². The first-order valence-electron chi connectivity index (χ1n) is 5.42. The molecule has 0 bridgehead atoms. The molecule has 0 atom stereocenters. The fourth-order valence-corrected chi connectivity index (χ4v) is 2.57. The number of thiazole rings is 1. The van der Waals surface area contributed by atoms with E-state index >= 15 is 0 Å². The zero-order valence-electron chi connectivity index (χ0n) is 9.31. The molecule has 3 nitrogen and oxygen atoms in total. The third-order valence-corrected chi connectivity index (χ3v) is 3.30. The van der Waals surface area contributed by atoms with E-state index in [-0.39, 0.29) is 0 Å². The van der Waals surface area contributed by atoms with Crippen LogP contribution in [0.1, 0.15) is 29.5 Å². The summed E-state index contributed by atoms with van der Waals surface area (Å²) in [5, 5.41) is 0.669. The summed E-state index contributed by atoms with van der Waals surface area (Å²) >= 11 is 1.59. The van der Waals surface area contributed by atoms with Gasteiger partial charge in [0.05, 0.1) is 5.69 Å². The van der Waals surface area contributed by atoms with Gasteiger partial charge in [0.2, 0.25) is 0 Å². The van der Waals surface area contributed by atoms with Gasteiger partial charge in [-0.2, -0.15) is 0 Å². The highest BCUT2D eigenvalue weighted by molar-refractivity contribution is 7.15. The van der Waals surface area contributed by atoms with Crippen LogP contribution in [0, 0.1) is 0 Å². The molecule has 84 valence electrons. The van der Waals surface area contributed by atoms with E-state index in [4.69, 9.17) is 5.73 Å². The van der Waals surface area contributed by atoms with Gasteiger partial charge in [0.25, 0.3) is 0 Å². The van der Waals surface area contributed by atoms with Gasteiger partial charge >= 0.3 is 0 Å². The Morgan fingerprint density at radius 1 is 1.44 bits per heavy atom. The third-order valence-electron chi connectivity index (χ3n) is 2.37. The van der Waals surface area contributed by atoms with Crippen molar-refractivity contribution in [2.24, 2.45) is 0 Å². The van der Waals surface area contributed by atoms with Crippen molar-refractivity contribution < 1.29 is 0 Å². The van der Waals surface area contributed by atoms with Gasteiger partial charge < -0.3 is 5.73 Å². The number of hydrogen-bond donors (Lipinski definition) is 1. The molecular formula is C12H15N3S. The van der Waals surface area contributed by atoms with E-state index in [1.165, 1.54) is 10.4 Å². The van der Waals surface area contributed by atoms with Crippen LogP contribution in [0.3, 0.4) is 0 Å². The zero-order valence-corrected chi connectivity index (χ0v) is 10.1. The minimum Gasteiger partial charge on any atom is -0.375 e. The third kappa shape index (κ3) is 2.58. The van der Waals surface area contributed by atoms with Crippen LogP contribution in [0.4, 0.5) is 5.13 Å². The zero-order chi connectivity index (χ0) is 11.4. The fraction of sp³-hybridized carbons (Fsp3) is 0.333. The molecule has 2 aromatic heterocycles. The summed E-state index contributed by atoms with van der Waals surface area (Å²) in [7, 11) is 0.